The molecule has 0 aliphatic heterocycles. The van der Waals surface area contributed by atoms with Crippen LogP contribution in [0.25, 0.3) is 0 Å². The Morgan fingerprint density at radius 3 is 2.65 bits per heavy atom. The van der Waals surface area contributed by atoms with E-state index >= 15 is 0 Å². The SMILES string of the molecule is CCC(C)(O)CNCc1cnc(N(C)C)n1C. The van der Waals surface area contributed by atoms with E-state index < -0.39 is 5.60 Å². The molecule has 0 amide bonds. The van der Waals surface area contributed by atoms with E-state index in [0.29, 0.717) is 13.1 Å². The molecule has 0 fully saturated rings. The Morgan fingerprint density at radius 2 is 2.18 bits per heavy atom. The van der Waals surface area contributed by atoms with Crippen LogP contribution < -0.4 is 10.2 Å². The van der Waals surface area contributed by atoms with Crippen molar-refractivity contribution < 1.29 is 5.11 Å². The van der Waals surface area contributed by atoms with Gasteiger partial charge in [-0.3, -0.25) is 0 Å². The topological polar surface area (TPSA) is 53.3 Å². The van der Waals surface area contributed by atoms with E-state index in [1.807, 2.05) is 50.7 Å². The van der Waals surface area contributed by atoms with Gasteiger partial charge in [-0.05, 0) is 13.3 Å². The Morgan fingerprint density at radius 1 is 1.53 bits per heavy atom. The largest absolute Gasteiger partial charge is 0.389 e. The smallest absolute Gasteiger partial charge is 0.204 e. The molecule has 1 heterocycles. The second kappa shape index (κ2) is 5.51. The summed E-state index contributed by atoms with van der Waals surface area (Å²) in [5.41, 5.74) is 0.476. The zero-order valence-electron chi connectivity index (χ0n) is 11.5. The van der Waals surface area contributed by atoms with Gasteiger partial charge in [-0.1, -0.05) is 6.92 Å². The Bertz CT molecular complexity index is 357. The quantitative estimate of drug-likeness (QED) is 0.770. The minimum Gasteiger partial charge on any atom is -0.389 e. The fraction of sp³-hybridized carbons (Fsp3) is 0.750. The Balaban J connectivity index is 2.53. The fourth-order valence-corrected chi connectivity index (χ4v) is 1.60. The highest BCUT2D eigenvalue weighted by molar-refractivity contribution is 5.30. The van der Waals surface area contributed by atoms with Gasteiger partial charge < -0.3 is 19.9 Å². The van der Waals surface area contributed by atoms with Gasteiger partial charge in [-0.15, -0.1) is 0 Å². The molecule has 1 aromatic heterocycles. The molecular weight excluding hydrogens is 216 g/mol. The van der Waals surface area contributed by atoms with Gasteiger partial charge >= 0.3 is 0 Å². The molecule has 5 heteroatoms. The minimum atomic E-state index is -0.636. The Labute approximate surface area is 103 Å². The van der Waals surface area contributed by atoms with Gasteiger partial charge in [0.2, 0.25) is 5.95 Å². The van der Waals surface area contributed by atoms with Gasteiger partial charge in [0.1, 0.15) is 0 Å². The maximum Gasteiger partial charge on any atom is 0.204 e. The van der Waals surface area contributed by atoms with E-state index in [1.54, 1.807) is 0 Å². The molecule has 0 saturated carbocycles. The van der Waals surface area contributed by atoms with Gasteiger partial charge in [0.25, 0.3) is 0 Å². The van der Waals surface area contributed by atoms with Crippen molar-refractivity contribution in [3.8, 4) is 0 Å². The van der Waals surface area contributed by atoms with Crippen molar-refractivity contribution in [2.45, 2.75) is 32.4 Å². The van der Waals surface area contributed by atoms with Gasteiger partial charge in [0.05, 0.1) is 17.5 Å². The van der Waals surface area contributed by atoms with Crippen LogP contribution in [-0.2, 0) is 13.6 Å². The summed E-state index contributed by atoms with van der Waals surface area (Å²) in [5, 5.41) is 13.1. The highest BCUT2D eigenvalue weighted by atomic mass is 16.3. The number of nitrogens with one attached hydrogen (secondary N) is 1. The third-order valence-corrected chi connectivity index (χ3v) is 3.03. The maximum atomic E-state index is 9.87. The van der Waals surface area contributed by atoms with Crippen molar-refractivity contribution in [2.75, 3.05) is 25.5 Å². The van der Waals surface area contributed by atoms with Crippen molar-refractivity contribution in [3.05, 3.63) is 11.9 Å². The summed E-state index contributed by atoms with van der Waals surface area (Å²) in [6.45, 7) is 5.13. The zero-order chi connectivity index (χ0) is 13.1. The average molecular weight is 240 g/mol. The molecule has 17 heavy (non-hydrogen) atoms. The molecule has 0 aliphatic rings. The molecule has 0 bridgehead atoms. The molecule has 5 nitrogen and oxygen atoms in total. The molecular formula is C12H24N4O. The highest BCUT2D eigenvalue weighted by Gasteiger charge is 2.17. The molecule has 0 radical (unpaired) electrons. The van der Waals surface area contributed by atoms with Crippen LogP contribution in [0.4, 0.5) is 5.95 Å². The number of aromatic nitrogens is 2. The zero-order valence-corrected chi connectivity index (χ0v) is 11.5. The highest BCUT2D eigenvalue weighted by Crippen LogP contribution is 2.11. The standard InChI is InChI=1S/C12H24N4O/c1-6-12(2,17)9-13-7-10-8-14-11(15(3)4)16(10)5/h8,13,17H,6-7,9H2,1-5H3. The second-order valence-electron chi connectivity index (χ2n) is 4.96. The summed E-state index contributed by atoms with van der Waals surface area (Å²) < 4.78 is 2.05. The minimum absolute atomic E-state index is 0.589. The number of imidazole rings is 1. The van der Waals surface area contributed by atoms with E-state index in [9.17, 15) is 5.11 Å². The van der Waals surface area contributed by atoms with Gasteiger partial charge in [0, 0.05) is 34.2 Å². The van der Waals surface area contributed by atoms with Crippen molar-refractivity contribution in [1.82, 2.24) is 14.9 Å². The maximum absolute atomic E-state index is 9.87. The average Bonchev–Trinajstić information content (AvgIpc) is 2.60. The molecule has 0 aromatic carbocycles. The summed E-state index contributed by atoms with van der Waals surface area (Å²) in [6.07, 6.45) is 2.61. The van der Waals surface area contributed by atoms with Crippen LogP contribution in [0.1, 0.15) is 26.0 Å². The number of rotatable bonds is 6. The lowest BCUT2D eigenvalue weighted by atomic mass is 10.0. The lowest BCUT2D eigenvalue weighted by molar-refractivity contribution is 0.0554. The van der Waals surface area contributed by atoms with E-state index in [2.05, 4.69) is 10.3 Å². The first-order valence-electron chi connectivity index (χ1n) is 5.98. The van der Waals surface area contributed by atoms with Crippen LogP contribution in [0.3, 0.4) is 0 Å². The summed E-state index contributed by atoms with van der Waals surface area (Å²) in [6, 6.07) is 0. The van der Waals surface area contributed by atoms with Crippen LogP contribution in [0.15, 0.2) is 6.20 Å². The van der Waals surface area contributed by atoms with Crippen molar-refractivity contribution >= 4 is 5.95 Å². The summed E-state index contributed by atoms with van der Waals surface area (Å²) >= 11 is 0. The first-order valence-corrected chi connectivity index (χ1v) is 5.98. The van der Waals surface area contributed by atoms with Gasteiger partial charge in [0.15, 0.2) is 0 Å². The van der Waals surface area contributed by atoms with Crippen LogP contribution in [0.2, 0.25) is 0 Å². The third kappa shape index (κ3) is 3.71. The molecule has 2 N–H and O–H groups in total. The predicted octanol–water partition coefficient (Wildman–Crippen LogP) is 0.737. The molecule has 0 aliphatic carbocycles. The Kier molecular flexibility index (Phi) is 4.54. The van der Waals surface area contributed by atoms with Crippen molar-refractivity contribution in [2.24, 2.45) is 7.05 Å². The molecule has 0 spiro atoms. The number of hydrogen-bond donors (Lipinski definition) is 2. The van der Waals surface area contributed by atoms with Crippen LogP contribution >= 0.6 is 0 Å². The van der Waals surface area contributed by atoms with E-state index in [1.165, 1.54) is 0 Å². The first-order chi connectivity index (χ1) is 7.87. The Hall–Kier alpha value is -1.07. The van der Waals surface area contributed by atoms with E-state index in [-0.39, 0.29) is 0 Å². The number of aliphatic hydroxyl groups is 1. The second-order valence-corrected chi connectivity index (χ2v) is 4.96. The van der Waals surface area contributed by atoms with E-state index in [0.717, 1.165) is 18.1 Å². The van der Waals surface area contributed by atoms with Crippen molar-refractivity contribution in [1.29, 1.82) is 0 Å². The summed E-state index contributed by atoms with van der Waals surface area (Å²) in [5.74, 6) is 0.934. The predicted molar refractivity (Wildman–Crippen MR) is 70.2 cm³/mol. The lowest BCUT2D eigenvalue weighted by Gasteiger charge is -2.21. The molecule has 1 atom stereocenters. The number of nitrogens with zero attached hydrogens (tertiary/aromatic N) is 3. The van der Waals surface area contributed by atoms with Gasteiger partial charge in [-0.25, -0.2) is 4.98 Å². The van der Waals surface area contributed by atoms with Crippen LogP contribution in [0, 0.1) is 0 Å². The summed E-state index contributed by atoms with van der Waals surface area (Å²) in [4.78, 5) is 6.31. The molecule has 0 saturated heterocycles. The van der Waals surface area contributed by atoms with Crippen molar-refractivity contribution in [3.63, 3.8) is 0 Å². The normalized spacial score (nSPS) is 14.7. The van der Waals surface area contributed by atoms with Crippen LogP contribution in [-0.4, -0.2) is 40.9 Å². The molecule has 1 rings (SSSR count). The molecule has 98 valence electrons. The number of hydrogen-bond acceptors (Lipinski definition) is 4. The lowest BCUT2D eigenvalue weighted by Crippen LogP contribution is -2.37. The third-order valence-electron chi connectivity index (χ3n) is 3.03. The van der Waals surface area contributed by atoms with Crippen LogP contribution in [0.5, 0.6) is 0 Å². The molecule has 1 aromatic rings. The van der Waals surface area contributed by atoms with E-state index in [4.69, 9.17) is 0 Å². The molecule has 1 unspecified atom stereocenters. The number of anilines is 1. The summed E-state index contributed by atoms with van der Waals surface area (Å²) in [7, 11) is 5.94. The van der Waals surface area contributed by atoms with Gasteiger partial charge in [-0.2, -0.15) is 0 Å². The monoisotopic (exact) mass is 240 g/mol. The first kappa shape index (κ1) is 14.0. The fourth-order valence-electron chi connectivity index (χ4n) is 1.60.